The van der Waals surface area contributed by atoms with E-state index in [0.29, 0.717) is 45.4 Å². The number of nitrogens with zero attached hydrogens (tertiary/aromatic N) is 1. The van der Waals surface area contributed by atoms with Crippen molar-refractivity contribution in [1.29, 1.82) is 0 Å². The van der Waals surface area contributed by atoms with E-state index in [1.165, 1.54) is 5.56 Å². The number of carbonyl (C=O) groups excluding carboxylic acids is 1. The summed E-state index contributed by atoms with van der Waals surface area (Å²) in [5.74, 6) is -0.837. The van der Waals surface area contributed by atoms with E-state index in [-0.39, 0.29) is 23.8 Å². The first-order chi connectivity index (χ1) is 11.6. The number of carboxylic acid groups (broad SMARTS) is 1. The highest BCUT2D eigenvalue weighted by Crippen LogP contribution is 2.30. The van der Waals surface area contributed by atoms with E-state index in [0.717, 1.165) is 6.42 Å². The highest BCUT2D eigenvalue weighted by molar-refractivity contribution is 5.79. The Balaban J connectivity index is 1.53. The molecule has 0 spiro atoms. The van der Waals surface area contributed by atoms with Gasteiger partial charge >= 0.3 is 5.97 Å². The number of hydrogen-bond donors (Lipinski definition) is 1. The number of rotatable bonds is 4. The van der Waals surface area contributed by atoms with E-state index in [1.54, 1.807) is 0 Å². The van der Waals surface area contributed by atoms with Crippen molar-refractivity contribution in [3.05, 3.63) is 35.9 Å². The summed E-state index contributed by atoms with van der Waals surface area (Å²) in [7, 11) is 0. The summed E-state index contributed by atoms with van der Waals surface area (Å²) in [5, 5.41) is 9.07. The first-order valence-corrected chi connectivity index (χ1v) is 8.80. The van der Waals surface area contributed by atoms with E-state index >= 15 is 0 Å². The maximum atomic E-state index is 12.8. The Labute approximate surface area is 142 Å². The number of aliphatic carboxylic acids is 1. The zero-order valence-electron chi connectivity index (χ0n) is 13.9. The number of hydrogen-bond acceptors (Lipinski definition) is 3. The van der Waals surface area contributed by atoms with Crippen LogP contribution in [0.1, 0.15) is 31.2 Å². The first-order valence-electron chi connectivity index (χ1n) is 8.80. The largest absolute Gasteiger partial charge is 0.481 e. The number of carboxylic acids is 1. The fourth-order valence-electron chi connectivity index (χ4n) is 3.77. The van der Waals surface area contributed by atoms with Gasteiger partial charge in [0.15, 0.2) is 0 Å². The molecule has 1 unspecified atom stereocenters. The fourth-order valence-corrected chi connectivity index (χ4v) is 3.77. The second kappa shape index (κ2) is 7.79. The maximum absolute atomic E-state index is 12.8. The Morgan fingerprint density at radius 1 is 1.08 bits per heavy atom. The van der Waals surface area contributed by atoms with E-state index in [4.69, 9.17) is 9.84 Å². The molecule has 0 radical (unpaired) electrons. The van der Waals surface area contributed by atoms with Gasteiger partial charge in [0.2, 0.25) is 5.91 Å². The summed E-state index contributed by atoms with van der Waals surface area (Å²) in [6, 6.07) is 10.2. The molecule has 5 nitrogen and oxygen atoms in total. The van der Waals surface area contributed by atoms with Crippen LogP contribution in [0.4, 0.5) is 0 Å². The van der Waals surface area contributed by atoms with Crippen LogP contribution in [0.15, 0.2) is 30.3 Å². The van der Waals surface area contributed by atoms with Gasteiger partial charge in [-0.3, -0.25) is 9.59 Å². The quantitative estimate of drug-likeness (QED) is 0.920. The summed E-state index contributed by atoms with van der Waals surface area (Å²) >= 11 is 0. The molecule has 1 aliphatic heterocycles. The topological polar surface area (TPSA) is 66.8 Å². The molecule has 1 atom stereocenters. The molecule has 1 aromatic rings. The van der Waals surface area contributed by atoms with Crippen LogP contribution >= 0.6 is 0 Å². The molecule has 0 bridgehead atoms. The van der Waals surface area contributed by atoms with Gasteiger partial charge in [-0.15, -0.1) is 0 Å². The molecule has 24 heavy (non-hydrogen) atoms. The van der Waals surface area contributed by atoms with Gasteiger partial charge in [-0.05, 0) is 31.2 Å². The van der Waals surface area contributed by atoms with Gasteiger partial charge in [0.1, 0.15) is 0 Å². The summed E-state index contributed by atoms with van der Waals surface area (Å²) < 4.78 is 5.83. The third-order valence-corrected chi connectivity index (χ3v) is 5.18. The standard InChI is InChI=1S/C19H25NO4/c21-18(15-6-8-16(9-7-15)19(22)23)20-10-11-24-17(13-20)12-14-4-2-1-3-5-14/h1-5,15-17H,6-13H2,(H,22,23). The number of carbonyl (C=O) groups is 2. The third-order valence-electron chi connectivity index (χ3n) is 5.18. The summed E-state index contributed by atoms with van der Waals surface area (Å²) in [5.41, 5.74) is 1.22. The summed E-state index contributed by atoms with van der Waals surface area (Å²) in [4.78, 5) is 25.7. The van der Waals surface area contributed by atoms with Gasteiger partial charge < -0.3 is 14.7 Å². The second-order valence-electron chi connectivity index (χ2n) is 6.85. The van der Waals surface area contributed by atoms with Gasteiger partial charge in [-0.2, -0.15) is 0 Å². The molecule has 3 rings (SSSR count). The van der Waals surface area contributed by atoms with Gasteiger partial charge in [-0.1, -0.05) is 30.3 Å². The van der Waals surface area contributed by atoms with Crippen LogP contribution in [0.25, 0.3) is 0 Å². The van der Waals surface area contributed by atoms with Crippen molar-refractivity contribution in [2.45, 2.75) is 38.2 Å². The average molecular weight is 331 g/mol. The minimum absolute atomic E-state index is 0.0175. The Morgan fingerprint density at radius 3 is 2.42 bits per heavy atom. The Kier molecular flexibility index (Phi) is 5.51. The molecule has 0 aromatic heterocycles. The number of benzene rings is 1. The Bertz CT molecular complexity index is 566. The summed E-state index contributed by atoms with van der Waals surface area (Å²) in [6.45, 7) is 1.85. The van der Waals surface area contributed by atoms with E-state index < -0.39 is 5.97 Å². The van der Waals surface area contributed by atoms with Crippen molar-refractivity contribution in [3.63, 3.8) is 0 Å². The molecular weight excluding hydrogens is 306 g/mol. The lowest BCUT2D eigenvalue weighted by molar-refractivity contribution is -0.148. The van der Waals surface area contributed by atoms with Gasteiger partial charge in [0.05, 0.1) is 18.6 Å². The van der Waals surface area contributed by atoms with Crippen LogP contribution in [0.2, 0.25) is 0 Å². The van der Waals surface area contributed by atoms with Crippen molar-refractivity contribution in [2.75, 3.05) is 19.7 Å². The molecule has 2 fully saturated rings. The normalized spacial score (nSPS) is 27.7. The van der Waals surface area contributed by atoms with E-state index in [2.05, 4.69) is 12.1 Å². The van der Waals surface area contributed by atoms with Crippen molar-refractivity contribution in [2.24, 2.45) is 11.8 Å². The SMILES string of the molecule is O=C(O)C1CCC(C(=O)N2CCOC(Cc3ccccc3)C2)CC1. The number of ether oxygens (including phenoxy) is 1. The molecule has 5 heteroatoms. The second-order valence-corrected chi connectivity index (χ2v) is 6.85. The Morgan fingerprint density at radius 2 is 1.75 bits per heavy atom. The lowest BCUT2D eigenvalue weighted by atomic mass is 9.81. The van der Waals surface area contributed by atoms with Crippen molar-refractivity contribution >= 4 is 11.9 Å². The highest BCUT2D eigenvalue weighted by atomic mass is 16.5. The molecular formula is C19H25NO4. The van der Waals surface area contributed by atoms with Crippen LogP contribution in [0, 0.1) is 11.8 Å². The van der Waals surface area contributed by atoms with Crippen molar-refractivity contribution in [1.82, 2.24) is 4.90 Å². The van der Waals surface area contributed by atoms with Gasteiger partial charge in [0, 0.05) is 25.4 Å². The minimum atomic E-state index is -0.727. The minimum Gasteiger partial charge on any atom is -0.481 e. The monoisotopic (exact) mass is 331 g/mol. The Hall–Kier alpha value is -1.88. The van der Waals surface area contributed by atoms with Crippen molar-refractivity contribution < 1.29 is 19.4 Å². The molecule has 1 aromatic carbocycles. The summed E-state index contributed by atoms with van der Waals surface area (Å²) in [6.07, 6.45) is 3.47. The lowest BCUT2D eigenvalue weighted by Crippen LogP contribution is -2.49. The highest BCUT2D eigenvalue weighted by Gasteiger charge is 2.34. The molecule has 1 saturated carbocycles. The van der Waals surface area contributed by atoms with Gasteiger partial charge in [0.25, 0.3) is 0 Å². The van der Waals surface area contributed by atoms with Crippen LogP contribution in [-0.4, -0.2) is 47.7 Å². The van der Waals surface area contributed by atoms with Crippen LogP contribution < -0.4 is 0 Å². The molecule has 1 heterocycles. The number of morpholine rings is 1. The molecule has 1 amide bonds. The van der Waals surface area contributed by atoms with Crippen LogP contribution in [0.3, 0.4) is 0 Å². The van der Waals surface area contributed by atoms with Crippen LogP contribution in [0.5, 0.6) is 0 Å². The zero-order valence-corrected chi connectivity index (χ0v) is 13.9. The molecule has 130 valence electrons. The predicted molar refractivity (Wildman–Crippen MR) is 89.5 cm³/mol. The fraction of sp³-hybridized carbons (Fsp3) is 0.579. The number of amides is 1. The zero-order chi connectivity index (χ0) is 16.9. The molecule has 1 saturated heterocycles. The predicted octanol–water partition coefficient (Wildman–Crippen LogP) is 2.35. The molecule has 2 aliphatic rings. The van der Waals surface area contributed by atoms with Gasteiger partial charge in [-0.25, -0.2) is 0 Å². The molecule has 1 aliphatic carbocycles. The third kappa shape index (κ3) is 4.15. The van der Waals surface area contributed by atoms with E-state index in [1.807, 2.05) is 23.1 Å². The average Bonchev–Trinajstić information content (AvgIpc) is 2.62. The molecule has 1 N–H and O–H groups in total. The van der Waals surface area contributed by atoms with E-state index in [9.17, 15) is 9.59 Å². The lowest BCUT2D eigenvalue weighted by Gasteiger charge is -2.36. The van der Waals surface area contributed by atoms with Crippen molar-refractivity contribution in [3.8, 4) is 0 Å². The maximum Gasteiger partial charge on any atom is 0.306 e. The first kappa shape index (κ1) is 17.0. The van der Waals surface area contributed by atoms with Crippen LogP contribution in [-0.2, 0) is 20.7 Å². The smallest absolute Gasteiger partial charge is 0.306 e.